The monoisotopic (exact) mass is 355 g/mol. The van der Waals surface area contributed by atoms with E-state index in [1.807, 2.05) is 13.8 Å². The Morgan fingerprint density at radius 2 is 1.83 bits per heavy atom. The fourth-order valence-electron chi connectivity index (χ4n) is 1.98. The van der Waals surface area contributed by atoms with Crippen molar-refractivity contribution >= 4 is 29.4 Å². The van der Waals surface area contributed by atoms with E-state index in [-0.39, 0.29) is 12.3 Å². The molecule has 0 spiro atoms. The molecule has 1 aromatic rings. The van der Waals surface area contributed by atoms with Crippen LogP contribution in [-0.2, 0) is 30.3 Å². The third kappa shape index (κ3) is 6.58. The van der Waals surface area contributed by atoms with Crippen LogP contribution in [0.2, 0.25) is 5.02 Å². The van der Waals surface area contributed by atoms with Crippen molar-refractivity contribution in [1.82, 2.24) is 5.32 Å². The molecular weight excluding hydrogens is 334 g/mol. The molecule has 0 saturated carbocycles. The second kappa shape index (κ2) is 9.93. The fraction of sp³-hybridized carbons (Fsp3) is 0.471. The maximum absolute atomic E-state index is 11.9. The minimum absolute atomic E-state index is 0.0379. The standard InChI is InChI=1S/C17H22ClNO5/c1-4-11(2)16(17(22)23-3)19-14(20)10-24-15(21)9-12-5-7-13(18)8-6-12/h5-8,11,16H,4,9-10H2,1-3H3,(H,19,20)/t11-,16-/m1/s1. The maximum atomic E-state index is 11.9. The van der Waals surface area contributed by atoms with Crippen molar-refractivity contribution in [3.63, 3.8) is 0 Å². The Morgan fingerprint density at radius 3 is 2.38 bits per heavy atom. The molecule has 132 valence electrons. The number of ether oxygens (including phenoxy) is 2. The van der Waals surface area contributed by atoms with E-state index in [0.717, 1.165) is 5.56 Å². The number of carbonyl (C=O) groups excluding carboxylic acids is 3. The number of nitrogens with one attached hydrogen (secondary N) is 1. The zero-order valence-corrected chi connectivity index (χ0v) is 14.8. The first kappa shape index (κ1) is 20.0. The number of esters is 2. The molecule has 0 radical (unpaired) electrons. The van der Waals surface area contributed by atoms with Gasteiger partial charge in [-0.15, -0.1) is 0 Å². The second-order valence-electron chi connectivity index (χ2n) is 5.42. The molecule has 24 heavy (non-hydrogen) atoms. The van der Waals surface area contributed by atoms with Gasteiger partial charge >= 0.3 is 11.9 Å². The summed E-state index contributed by atoms with van der Waals surface area (Å²) in [5, 5.41) is 3.11. The van der Waals surface area contributed by atoms with Gasteiger partial charge in [0.25, 0.3) is 5.91 Å². The zero-order chi connectivity index (χ0) is 18.1. The predicted molar refractivity (Wildman–Crippen MR) is 89.5 cm³/mol. The lowest BCUT2D eigenvalue weighted by molar-refractivity contribution is -0.150. The first-order chi connectivity index (χ1) is 11.4. The Bertz CT molecular complexity index is 573. The summed E-state index contributed by atoms with van der Waals surface area (Å²) in [4.78, 5) is 35.3. The van der Waals surface area contributed by atoms with E-state index in [2.05, 4.69) is 10.1 Å². The highest BCUT2D eigenvalue weighted by Crippen LogP contribution is 2.11. The van der Waals surface area contributed by atoms with E-state index >= 15 is 0 Å². The first-order valence-corrected chi connectivity index (χ1v) is 8.02. The van der Waals surface area contributed by atoms with Crippen molar-refractivity contribution < 1.29 is 23.9 Å². The summed E-state index contributed by atoms with van der Waals surface area (Å²) < 4.78 is 9.61. The van der Waals surface area contributed by atoms with E-state index in [1.54, 1.807) is 24.3 Å². The predicted octanol–water partition coefficient (Wildman–Crippen LogP) is 2.13. The van der Waals surface area contributed by atoms with Gasteiger partial charge in [-0.2, -0.15) is 0 Å². The minimum atomic E-state index is -0.762. The van der Waals surface area contributed by atoms with Crippen molar-refractivity contribution in [3.05, 3.63) is 34.9 Å². The number of hydrogen-bond donors (Lipinski definition) is 1. The highest BCUT2D eigenvalue weighted by molar-refractivity contribution is 6.30. The van der Waals surface area contributed by atoms with Crippen LogP contribution >= 0.6 is 11.6 Å². The molecule has 0 aliphatic heterocycles. The van der Waals surface area contributed by atoms with Gasteiger partial charge in [0, 0.05) is 5.02 Å². The summed E-state index contributed by atoms with van der Waals surface area (Å²) in [7, 11) is 1.26. The van der Waals surface area contributed by atoms with Gasteiger partial charge in [-0.05, 0) is 23.6 Å². The largest absolute Gasteiger partial charge is 0.467 e. The molecule has 1 rings (SSSR count). The summed E-state index contributed by atoms with van der Waals surface area (Å²) in [5.74, 6) is -1.70. The van der Waals surface area contributed by atoms with Crippen LogP contribution in [0.4, 0.5) is 0 Å². The van der Waals surface area contributed by atoms with Crippen molar-refractivity contribution in [3.8, 4) is 0 Å². The van der Waals surface area contributed by atoms with Crippen molar-refractivity contribution in [1.29, 1.82) is 0 Å². The smallest absolute Gasteiger partial charge is 0.328 e. The number of carbonyl (C=O) groups is 3. The minimum Gasteiger partial charge on any atom is -0.467 e. The molecular formula is C17H22ClNO5. The van der Waals surface area contributed by atoms with Crippen LogP contribution in [0.5, 0.6) is 0 Å². The molecule has 0 aromatic heterocycles. The van der Waals surface area contributed by atoms with Gasteiger partial charge in [0.2, 0.25) is 0 Å². The summed E-state index contributed by atoms with van der Waals surface area (Å²) in [6.07, 6.45) is 0.729. The summed E-state index contributed by atoms with van der Waals surface area (Å²) in [6.45, 7) is 3.28. The quantitative estimate of drug-likeness (QED) is 0.722. The zero-order valence-electron chi connectivity index (χ0n) is 14.0. The Labute approximate surface area is 146 Å². The van der Waals surface area contributed by atoms with Crippen molar-refractivity contribution in [2.24, 2.45) is 5.92 Å². The molecule has 1 N–H and O–H groups in total. The lowest BCUT2D eigenvalue weighted by Gasteiger charge is -2.21. The lowest BCUT2D eigenvalue weighted by Crippen LogP contribution is -2.47. The Hall–Kier alpha value is -2.08. The van der Waals surface area contributed by atoms with E-state index in [9.17, 15) is 14.4 Å². The van der Waals surface area contributed by atoms with Gasteiger partial charge in [0.15, 0.2) is 6.61 Å². The van der Waals surface area contributed by atoms with E-state index < -0.39 is 30.5 Å². The highest BCUT2D eigenvalue weighted by atomic mass is 35.5. The molecule has 7 heteroatoms. The molecule has 2 atom stereocenters. The van der Waals surface area contributed by atoms with Crippen LogP contribution in [0, 0.1) is 5.92 Å². The van der Waals surface area contributed by atoms with Crippen LogP contribution in [-0.4, -0.2) is 37.6 Å². The number of rotatable bonds is 8. The van der Waals surface area contributed by atoms with Gasteiger partial charge in [0.05, 0.1) is 13.5 Å². The Balaban J connectivity index is 2.47. The maximum Gasteiger partial charge on any atom is 0.328 e. The molecule has 0 aliphatic rings. The van der Waals surface area contributed by atoms with Crippen LogP contribution in [0.15, 0.2) is 24.3 Å². The van der Waals surface area contributed by atoms with E-state index in [0.29, 0.717) is 11.4 Å². The molecule has 1 amide bonds. The molecule has 0 aliphatic carbocycles. The van der Waals surface area contributed by atoms with Crippen molar-refractivity contribution in [2.45, 2.75) is 32.7 Å². The second-order valence-corrected chi connectivity index (χ2v) is 5.85. The molecule has 1 aromatic carbocycles. The summed E-state index contributed by atoms with van der Waals surface area (Å²) in [6, 6.07) is 6.00. The third-order valence-electron chi connectivity index (χ3n) is 3.61. The average molecular weight is 356 g/mol. The molecule has 0 bridgehead atoms. The summed E-state index contributed by atoms with van der Waals surface area (Å²) in [5.41, 5.74) is 0.733. The molecule has 0 fully saturated rings. The van der Waals surface area contributed by atoms with Gasteiger partial charge in [-0.1, -0.05) is 44.0 Å². The summed E-state index contributed by atoms with van der Waals surface area (Å²) >= 11 is 5.77. The number of methoxy groups -OCH3 is 1. The Kier molecular flexibility index (Phi) is 8.26. The van der Waals surface area contributed by atoms with Gasteiger partial charge in [-0.25, -0.2) is 4.79 Å². The van der Waals surface area contributed by atoms with Crippen LogP contribution < -0.4 is 5.32 Å². The number of halogens is 1. The van der Waals surface area contributed by atoms with E-state index in [1.165, 1.54) is 7.11 Å². The van der Waals surface area contributed by atoms with E-state index in [4.69, 9.17) is 16.3 Å². The topological polar surface area (TPSA) is 81.7 Å². The molecule has 0 unspecified atom stereocenters. The number of amides is 1. The average Bonchev–Trinajstić information content (AvgIpc) is 2.58. The normalized spacial score (nSPS) is 12.8. The molecule has 0 heterocycles. The lowest BCUT2D eigenvalue weighted by atomic mass is 9.99. The van der Waals surface area contributed by atoms with Crippen molar-refractivity contribution in [2.75, 3.05) is 13.7 Å². The van der Waals surface area contributed by atoms with Crippen LogP contribution in [0.25, 0.3) is 0 Å². The van der Waals surface area contributed by atoms with Gasteiger partial charge in [0.1, 0.15) is 6.04 Å². The van der Waals surface area contributed by atoms with Crippen LogP contribution in [0.1, 0.15) is 25.8 Å². The molecule has 0 saturated heterocycles. The number of hydrogen-bond acceptors (Lipinski definition) is 5. The van der Waals surface area contributed by atoms with Crippen LogP contribution in [0.3, 0.4) is 0 Å². The fourth-order valence-corrected chi connectivity index (χ4v) is 2.10. The first-order valence-electron chi connectivity index (χ1n) is 7.64. The van der Waals surface area contributed by atoms with Gasteiger partial charge in [-0.3, -0.25) is 9.59 Å². The Morgan fingerprint density at radius 1 is 1.21 bits per heavy atom. The van der Waals surface area contributed by atoms with Gasteiger partial charge < -0.3 is 14.8 Å². The third-order valence-corrected chi connectivity index (χ3v) is 3.86. The SMILES string of the molecule is CC[C@@H](C)[C@@H](NC(=O)COC(=O)Cc1ccc(Cl)cc1)C(=O)OC. The number of benzene rings is 1. The molecule has 6 nitrogen and oxygen atoms in total. The highest BCUT2D eigenvalue weighted by Gasteiger charge is 2.26.